The van der Waals surface area contributed by atoms with Gasteiger partial charge in [-0.15, -0.1) is 0 Å². The lowest BCUT2D eigenvalue weighted by molar-refractivity contribution is 0.228. The second-order valence-electron chi connectivity index (χ2n) is 7.33. The van der Waals surface area contributed by atoms with E-state index in [2.05, 4.69) is 56.9 Å². The molecule has 0 radical (unpaired) electrons. The Morgan fingerprint density at radius 3 is 2.53 bits per heavy atom. The molecule has 0 aliphatic heterocycles. The monoisotopic (exact) mass is 263 g/mol. The van der Waals surface area contributed by atoms with Crippen LogP contribution in [0.3, 0.4) is 0 Å². The summed E-state index contributed by atoms with van der Waals surface area (Å²) in [6, 6.07) is 3.42. The fraction of sp³-hybridized carbons (Fsp3) is 0.812. The molecule has 19 heavy (non-hydrogen) atoms. The Morgan fingerprint density at radius 2 is 2.05 bits per heavy atom. The normalized spacial score (nSPS) is 18.0. The smallest absolute Gasteiger partial charge is 0.0628 e. The summed E-state index contributed by atoms with van der Waals surface area (Å²) in [4.78, 5) is 0. The van der Waals surface area contributed by atoms with E-state index in [4.69, 9.17) is 5.10 Å². The van der Waals surface area contributed by atoms with Gasteiger partial charge < -0.3 is 5.32 Å². The van der Waals surface area contributed by atoms with Crippen LogP contribution in [-0.4, -0.2) is 22.4 Å². The third kappa shape index (κ3) is 4.34. The molecule has 108 valence electrons. The quantitative estimate of drug-likeness (QED) is 0.852. The van der Waals surface area contributed by atoms with Crippen molar-refractivity contribution in [2.45, 2.75) is 66.0 Å². The molecule has 1 aliphatic carbocycles. The first-order valence-electron chi connectivity index (χ1n) is 7.63. The summed E-state index contributed by atoms with van der Waals surface area (Å²) >= 11 is 0. The van der Waals surface area contributed by atoms with E-state index in [0.717, 1.165) is 19.0 Å². The zero-order valence-electron chi connectivity index (χ0n) is 13.1. The average molecular weight is 263 g/mol. The highest BCUT2D eigenvalue weighted by Gasteiger charge is 2.28. The minimum atomic E-state index is 0.323. The first-order valence-corrected chi connectivity index (χ1v) is 7.63. The predicted molar refractivity (Wildman–Crippen MR) is 80.3 cm³/mol. The molecule has 0 spiro atoms. The molecule has 1 aromatic rings. The van der Waals surface area contributed by atoms with Crippen LogP contribution in [0.4, 0.5) is 0 Å². The van der Waals surface area contributed by atoms with Crippen molar-refractivity contribution in [3.8, 4) is 0 Å². The highest BCUT2D eigenvalue weighted by Crippen LogP contribution is 2.29. The van der Waals surface area contributed by atoms with E-state index in [0.29, 0.717) is 17.4 Å². The molecule has 1 unspecified atom stereocenters. The second kappa shape index (κ2) is 5.66. The number of rotatable bonds is 6. The minimum absolute atomic E-state index is 0.323. The highest BCUT2D eigenvalue weighted by molar-refractivity contribution is 5.02. The van der Waals surface area contributed by atoms with Crippen molar-refractivity contribution in [2.75, 3.05) is 6.54 Å². The number of nitrogens with zero attached hydrogens (tertiary/aromatic N) is 2. The van der Waals surface area contributed by atoms with Crippen LogP contribution in [0.2, 0.25) is 0 Å². The lowest BCUT2D eigenvalue weighted by Gasteiger charge is -2.30. The van der Waals surface area contributed by atoms with Crippen molar-refractivity contribution in [3.05, 3.63) is 18.0 Å². The molecule has 0 bridgehead atoms. The zero-order valence-corrected chi connectivity index (χ0v) is 13.1. The van der Waals surface area contributed by atoms with Crippen LogP contribution in [0.5, 0.6) is 0 Å². The Hall–Kier alpha value is -0.830. The lowest BCUT2D eigenvalue weighted by Crippen LogP contribution is -2.34. The summed E-state index contributed by atoms with van der Waals surface area (Å²) in [5.41, 5.74) is 1.55. The van der Waals surface area contributed by atoms with E-state index in [1.165, 1.54) is 18.5 Å². The topological polar surface area (TPSA) is 29.9 Å². The Balaban J connectivity index is 1.96. The highest BCUT2D eigenvalue weighted by atomic mass is 15.3. The van der Waals surface area contributed by atoms with Crippen LogP contribution in [0.1, 0.15) is 59.2 Å². The van der Waals surface area contributed by atoms with E-state index in [9.17, 15) is 0 Å². The molecular formula is C16H29N3. The van der Waals surface area contributed by atoms with E-state index >= 15 is 0 Å². The summed E-state index contributed by atoms with van der Waals surface area (Å²) in [6.07, 6.45) is 5.90. The van der Waals surface area contributed by atoms with Gasteiger partial charge in [-0.05, 0) is 57.1 Å². The summed E-state index contributed by atoms with van der Waals surface area (Å²) in [5.74, 6) is 0.642. The van der Waals surface area contributed by atoms with Gasteiger partial charge in [-0.2, -0.15) is 5.10 Å². The molecule has 1 fully saturated rings. The van der Waals surface area contributed by atoms with Crippen LogP contribution < -0.4 is 5.32 Å². The van der Waals surface area contributed by atoms with Crippen molar-refractivity contribution in [1.29, 1.82) is 0 Å². The van der Waals surface area contributed by atoms with Gasteiger partial charge in [-0.3, -0.25) is 4.68 Å². The van der Waals surface area contributed by atoms with Crippen molar-refractivity contribution in [1.82, 2.24) is 15.1 Å². The maximum absolute atomic E-state index is 4.69. The summed E-state index contributed by atoms with van der Waals surface area (Å²) in [5, 5.41) is 8.37. The average Bonchev–Trinajstić information content (AvgIpc) is 2.99. The molecule has 1 saturated carbocycles. The molecule has 1 heterocycles. The van der Waals surface area contributed by atoms with Gasteiger partial charge in [-0.1, -0.05) is 20.8 Å². The number of hydrogen-bond acceptors (Lipinski definition) is 2. The van der Waals surface area contributed by atoms with Gasteiger partial charge in [0.1, 0.15) is 0 Å². The van der Waals surface area contributed by atoms with E-state index in [-0.39, 0.29) is 0 Å². The van der Waals surface area contributed by atoms with Crippen LogP contribution in [-0.2, 0) is 6.42 Å². The molecular weight excluding hydrogens is 234 g/mol. The van der Waals surface area contributed by atoms with Gasteiger partial charge in [0.2, 0.25) is 0 Å². The Morgan fingerprint density at radius 1 is 1.37 bits per heavy atom. The van der Waals surface area contributed by atoms with Crippen LogP contribution in [0, 0.1) is 11.3 Å². The summed E-state index contributed by atoms with van der Waals surface area (Å²) in [6.45, 7) is 12.5. The minimum Gasteiger partial charge on any atom is -0.314 e. The first-order chi connectivity index (χ1) is 8.86. The number of nitrogens with one attached hydrogen (secondary N) is 1. The van der Waals surface area contributed by atoms with E-state index in [1.54, 1.807) is 0 Å². The number of hydrogen-bond donors (Lipinski definition) is 1. The Kier molecular flexibility index (Phi) is 4.34. The molecule has 0 saturated heterocycles. The molecule has 0 amide bonds. The third-order valence-electron chi connectivity index (χ3n) is 4.10. The Labute approximate surface area is 117 Å². The van der Waals surface area contributed by atoms with Gasteiger partial charge in [-0.25, -0.2) is 0 Å². The van der Waals surface area contributed by atoms with Gasteiger partial charge in [0.15, 0.2) is 0 Å². The van der Waals surface area contributed by atoms with Crippen LogP contribution >= 0.6 is 0 Å². The summed E-state index contributed by atoms with van der Waals surface area (Å²) < 4.78 is 2.06. The van der Waals surface area contributed by atoms with E-state index < -0.39 is 0 Å². The van der Waals surface area contributed by atoms with Crippen molar-refractivity contribution >= 4 is 0 Å². The van der Waals surface area contributed by atoms with Gasteiger partial charge in [0.25, 0.3) is 0 Å². The Bertz CT molecular complexity index is 396. The molecule has 2 rings (SSSR count). The van der Waals surface area contributed by atoms with Gasteiger partial charge in [0, 0.05) is 18.3 Å². The molecule has 1 atom stereocenters. The third-order valence-corrected chi connectivity index (χ3v) is 4.10. The largest absolute Gasteiger partial charge is 0.314 e. The fourth-order valence-corrected chi connectivity index (χ4v) is 2.31. The van der Waals surface area contributed by atoms with Crippen LogP contribution in [0.25, 0.3) is 0 Å². The number of aromatic nitrogens is 2. The van der Waals surface area contributed by atoms with Crippen molar-refractivity contribution < 1.29 is 0 Å². The van der Waals surface area contributed by atoms with Crippen molar-refractivity contribution in [3.63, 3.8) is 0 Å². The van der Waals surface area contributed by atoms with Crippen LogP contribution in [0.15, 0.2) is 12.3 Å². The van der Waals surface area contributed by atoms with Gasteiger partial charge in [0.05, 0.1) is 5.69 Å². The fourth-order valence-electron chi connectivity index (χ4n) is 2.31. The zero-order chi connectivity index (χ0) is 14.0. The molecule has 1 aliphatic rings. The lowest BCUT2D eigenvalue weighted by atomic mass is 9.78. The maximum atomic E-state index is 4.69. The molecule has 1 N–H and O–H groups in total. The van der Waals surface area contributed by atoms with Gasteiger partial charge >= 0.3 is 0 Å². The standard InChI is InChI=1S/C16H29N3/c1-12(2)19-9-8-15(18-19)10-13(16(3,4)5)11-17-14-6-7-14/h8-9,12-14,17H,6-7,10-11H2,1-5H3. The molecule has 3 nitrogen and oxygen atoms in total. The molecule has 1 aromatic heterocycles. The second-order valence-corrected chi connectivity index (χ2v) is 7.33. The predicted octanol–water partition coefficient (Wildman–Crippen LogP) is 3.42. The first kappa shape index (κ1) is 14.6. The molecule has 0 aromatic carbocycles. The maximum Gasteiger partial charge on any atom is 0.0628 e. The molecule has 3 heteroatoms. The summed E-state index contributed by atoms with van der Waals surface area (Å²) in [7, 11) is 0. The van der Waals surface area contributed by atoms with Crippen molar-refractivity contribution in [2.24, 2.45) is 11.3 Å². The van der Waals surface area contributed by atoms with E-state index in [1.807, 2.05) is 0 Å². The SMILES string of the molecule is CC(C)n1ccc(CC(CNC2CC2)C(C)(C)C)n1.